The van der Waals surface area contributed by atoms with Gasteiger partial charge < -0.3 is 40.6 Å². The molecule has 2 amide bonds. The zero-order chi connectivity index (χ0) is 35.4. The van der Waals surface area contributed by atoms with Crippen LogP contribution in [-0.2, 0) is 16.0 Å². The number of ether oxygens (including phenoxy) is 3. The number of carbonyl (C=O) groups is 2. The largest absolute Gasteiger partial charge is 0.508 e. The van der Waals surface area contributed by atoms with Gasteiger partial charge in [0.15, 0.2) is 0 Å². The van der Waals surface area contributed by atoms with E-state index in [1.165, 1.54) is 0 Å². The number of phenolic OH excluding ortho intramolecular Hbond substituents is 1. The summed E-state index contributed by atoms with van der Waals surface area (Å²) in [5.41, 5.74) is 2.77. The Morgan fingerprint density at radius 1 is 0.740 bits per heavy atom. The summed E-state index contributed by atoms with van der Waals surface area (Å²) in [7, 11) is 0. The first-order chi connectivity index (χ1) is 24.4. The van der Waals surface area contributed by atoms with Gasteiger partial charge in [-0.05, 0) is 79.7 Å². The molecule has 0 bridgehead atoms. The molecule has 260 valence electrons. The number of carbonyl (C=O) groups excluding carboxylic acids is 2. The topological polar surface area (TPSA) is 155 Å². The number of nitrogens with zero attached hydrogens (tertiary/aromatic N) is 2. The maximum atomic E-state index is 12.6. The van der Waals surface area contributed by atoms with Gasteiger partial charge in [-0.15, -0.1) is 0 Å². The summed E-state index contributed by atoms with van der Waals surface area (Å²) in [5.74, 6) is 1.17. The Hall–Kier alpha value is -5.98. The second-order valence-electron chi connectivity index (χ2n) is 10.8. The third-order valence-electron chi connectivity index (χ3n) is 6.84. The highest BCUT2D eigenvalue weighted by Gasteiger charge is 2.08. The Morgan fingerprint density at radius 3 is 2.06 bits per heavy atom. The summed E-state index contributed by atoms with van der Waals surface area (Å²) >= 11 is 0. The number of nitrogens with one attached hydrogen (secondary N) is 4. The zero-order valence-electron chi connectivity index (χ0n) is 27.9. The lowest BCUT2D eigenvalue weighted by Crippen LogP contribution is -2.35. The minimum Gasteiger partial charge on any atom is -0.508 e. The smallest absolute Gasteiger partial charge is 0.251 e. The molecule has 4 aromatic carbocycles. The van der Waals surface area contributed by atoms with E-state index in [4.69, 9.17) is 14.2 Å². The standard InChI is InChI=1S/C38H42N6O6/c1-28(39-21-23-48-25-26-49-24-22-40-36(46)31-11-7-4-8-12-31)42-38(44-33-15-17-34(45)18-16-33)43-29(2)50-35-19-13-32(14-20-35)37(47)41-27-30-9-5-3-6-10-30/h3-20,45H,2,21-27H2,1H3,(H,40,46)(H,41,47)(H2,39,42,43,44). The molecule has 0 aliphatic carbocycles. The molecular weight excluding hydrogens is 636 g/mol. The first kappa shape index (κ1) is 36.8. The number of benzene rings is 4. The lowest BCUT2D eigenvalue weighted by molar-refractivity contribution is 0.0512. The van der Waals surface area contributed by atoms with E-state index in [2.05, 4.69) is 37.8 Å². The molecule has 12 nitrogen and oxygen atoms in total. The molecule has 0 aromatic heterocycles. The van der Waals surface area contributed by atoms with Crippen LogP contribution in [-0.4, -0.2) is 68.2 Å². The average molecular weight is 679 g/mol. The molecular formula is C38H42N6O6. The molecule has 0 aliphatic heterocycles. The van der Waals surface area contributed by atoms with Crippen molar-refractivity contribution in [2.24, 2.45) is 9.98 Å². The summed E-state index contributed by atoms with van der Waals surface area (Å²) in [6.07, 6.45) is 0. The third-order valence-corrected chi connectivity index (χ3v) is 6.84. The van der Waals surface area contributed by atoms with Gasteiger partial charge in [0.25, 0.3) is 11.8 Å². The Bertz CT molecular complexity index is 1710. The van der Waals surface area contributed by atoms with Crippen LogP contribution in [0.5, 0.6) is 11.5 Å². The Balaban J connectivity index is 1.20. The molecule has 0 heterocycles. The fourth-order valence-corrected chi connectivity index (χ4v) is 4.35. The number of anilines is 1. The molecule has 0 atom stereocenters. The SMILES string of the molecule is C=C(/N=C(\NC(C)=NCCOCCOCCNC(=O)c1ccccc1)Nc1ccc(O)cc1)Oc1ccc(C(=O)NCc2ccccc2)cc1. The number of phenols is 1. The van der Waals surface area contributed by atoms with E-state index in [0.717, 1.165) is 5.56 Å². The van der Waals surface area contributed by atoms with Gasteiger partial charge >= 0.3 is 0 Å². The van der Waals surface area contributed by atoms with E-state index < -0.39 is 0 Å². The van der Waals surface area contributed by atoms with Crippen LogP contribution in [0.2, 0.25) is 0 Å². The molecule has 50 heavy (non-hydrogen) atoms. The number of guanidine groups is 1. The molecule has 0 spiro atoms. The van der Waals surface area contributed by atoms with Gasteiger partial charge in [0, 0.05) is 29.9 Å². The first-order valence-corrected chi connectivity index (χ1v) is 16.1. The van der Waals surface area contributed by atoms with Crippen LogP contribution >= 0.6 is 0 Å². The number of rotatable bonds is 17. The number of hydrogen-bond donors (Lipinski definition) is 5. The molecule has 0 fully saturated rings. The number of hydrogen-bond acceptors (Lipinski definition) is 8. The van der Waals surface area contributed by atoms with E-state index in [-0.39, 0.29) is 29.4 Å². The van der Waals surface area contributed by atoms with Crippen molar-refractivity contribution in [1.82, 2.24) is 16.0 Å². The number of aromatic hydroxyl groups is 1. The minimum atomic E-state index is -0.197. The quantitative estimate of drug-likeness (QED) is 0.0339. The highest BCUT2D eigenvalue weighted by atomic mass is 16.5. The molecule has 0 radical (unpaired) electrons. The van der Waals surface area contributed by atoms with E-state index in [9.17, 15) is 14.7 Å². The maximum Gasteiger partial charge on any atom is 0.251 e. The highest BCUT2D eigenvalue weighted by molar-refractivity contribution is 6.05. The summed E-state index contributed by atoms with van der Waals surface area (Å²) in [6, 6.07) is 31.8. The molecule has 4 rings (SSSR count). The summed E-state index contributed by atoms with van der Waals surface area (Å²) in [6.45, 7) is 8.46. The van der Waals surface area contributed by atoms with Gasteiger partial charge in [-0.3, -0.25) is 14.6 Å². The van der Waals surface area contributed by atoms with Gasteiger partial charge in [0.2, 0.25) is 11.8 Å². The second kappa shape index (κ2) is 20.4. The van der Waals surface area contributed by atoms with Crippen LogP contribution in [0.3, 0.4) is 0 Å². The predicted octanol–water partition coefficient (Wildman–Crippen LogP) is 5.11. The van der Waals surface area contributed by atoms with Gasteiger partial charge in [-0.1, -0.05) is 48.5 Å². The van der Waals surface area contributed by atoms with Gasteiger partial charge in [0.1, 0.15) is 11.5 Å². The number of amides is 2. The van der Waals surface area contributed by atoms with Crippen molar-refractivity contribution >= 4 is 29.3 Å². The molecule has 0 saturated heterocycles. The number of aliphatic imine (C=N–C) groups is 2. The van der Waals surface area contributed by atoms with Crippen molar-refractivity contribution in [2.75, 3.05) is 44.8 Å². The fraction of sp³-hybridized carbons (Fsp3) is 0.211. The van der Waals surface area contributed by atoms with E-state index in [1.54, 1.807) is 67.6 Å². The number of amidine groups is 1. The molecule has 5 N–H and O–H groups in total. The van der Waals surface area contributed by atoms with Crippen molar-refractivity contribution in [3.8, 4) is 11.5 Å². The molecule has 0 aliphatic rings. The summed E-state index contributed by atoms with van der Waals surface area (Å²) in [4.78, 5) is 33.5. The lowest BCUT2D eigenvalue weighted by atomic mass is 10.2. The van der Waals surface area contributed by atoms with Crippen LogP contribution in [0.25, 0.3) is 0 Å². The van der Waals surface area contributed by atoms with Crippen molar-refractivity contribution in [1.29, 1.82) is 0 Å². The third kappa shape index (κ3) is 13.6. The molecule has 12 heteroatoms. The maximum absolute atomic E-state index is 12.6. The predicted molar refractivity (Wildman–Crippen MR) is 195 cm³/mol. The van der Waals surface area contributed by atoms with Crippen LogP contribution in [0.4, 0.5) is 5.69 Å². The van der Waals surface area contributed by atoms with E-state index in [0.29, 0.717) is 74.5 Å². The monoisotopic (exact) mass is 678 g/mol. The van der Waals surface area contributed by atoms with Crippen LogP contribution in [0.15, 0.2) is 132 Å². The first-order valence-electron chi connectivity index (χ1n) is 16.1. The van der Waals surface area contributed by atoms with Gasteiger partial charge in [-0.25, -0.2) is 0 Å². The van der Waals surface area contributed by atoms with Crippen LogP contribution in [0.1, 0.15) is 33.2 Å². The van der Waals surface area contributed by atoms with E-state index >= 15 is 0 Å². The van der Waals surface area contributed by atoms with Crippen molar-refractivity contribution in [3.05, 3.63) is 138 Å². The Labute approximate surface area is 291 Å². The molecule has 0 unspecified atom stereocenters. The Kier molecular flexibility index (Phi) is 15.0. The van der Waals surface area contributed by atoms with Crippen LogP contribution < -0.4 is 26.0 Å². The average Bonchev–Trinajstić information content (AvgIpc) is 3.13. The summed E-state index contributed by atoms with van der Waals surface area (Å²) in [5, 5.41) is 21.6. The summed E-state index contributed by atoms with van der Waals surface area (Å²) < 4.78 is 16.9. The van der Waals surface area contributed by atoms with Crippen LogP contribution in [0, 0.1) is 0 Å². The zero-order valence-corrected chi connectivity index (χ0v) is 27.9. The second-order valence-corrected chi connectivity index (χ2v) is 10.8. The minimum absolute atomic E-state index is 0.0795. The molecule has 4 aromatic rings. The molecule has 0 saturated carbocycles. The van der Waals surface area contributed by atoms with Crippen molar-refractivity contribution < 1.29 is 28.9 Å². The Morgan fingerprint density at radius 2 is 1.36 bits per heavy atom. The normalized spacial score (nSPS) is 11.4. The fourth-order valence-electron chi connectivity index (χ4n) is 4.35. The highest BCUT2D eigenvalue weighted by Crippen LogP contribution is 2.17. The van der Waals surface area contributed by atoms with Crippen molar-refractivity contribution in [3.63, 3.8) is 0 Å². The van der Waals surface area contributed by atoms with Gasteiger partial charge in [-0.2, -0.15) is 4.99 Å². The van der Waals surface area contributed by atoms with E-state index in [1.807, 2.05) is 48.5 Å². The lowest BCUT2D eigenvalue weighted by Gasteiger charge is -2.14. The van der Waals surface area contributed by atoms with Crippen molar-refractivity contribution in [2.45, 2.75) is 13.5 Å². The van der Waals surface area contributed by atoms with Gasteiger partial charge in [0.05, 0.1) is 38.8 Å².